The summed E-state index contributed by atoms with van der Waals surface area (Å²) in [6.45, 7) is 1.21. The molecule has 2 amide bonds. The molecule has 0 aliphatic carbocycles. The van der Waals surface area contributed by atoms with Crippen molar-refractivity contribution in [2.45, 2.75) is 12.8 Å². The molecular formula is C21H21BrN2O2. The van der Waals surface area contributed by atoms with Crippen LogP contribution >= 0.6 is 15.9 Å². The Labute approximate surface area is 162 Å². The Morgan fingerprint density at radius 2 is 1.77 bits per heavy atom. The van der Waals surface area contributed by atoms with E-state index in [1.807, 2.05) is 65.6 Å². The molecule has 0 bridgehead atoms. The van der Waals surface area contributed by atoms with Crippen molar-refractivity contribution >= 4 is 39.5 Å². The molecule has 134 valence electrons. The van der Waals surface area contributed by atoms with Crippen molar-refractivity contribution in [2.24, 2.45) is 5.92 Å². The van der Waals surface area contributed by atoms with Crippen LogP contribution in [0.4, 0.5) is 5.69 Å². The van der Waals surface area contributed by atoms with Crippen LogP contribution in [0.5, 0.6) is 0 Å². The fourth-order valence-electron chi connectivity index (χ4n) is 3.01. The van der Waals surface area contributed by atoms with E-state index in [1.54, 1.807) is 6.08 Å². The fraction of sp³-hybridized carbons (Fsp3) is 0.238. The molecule has 1 aliphatic heterocycles. The lowest BCUT2D eigenvalue weighted by Crippen LogP contribution is -2.40. The first kappa shape index (κ1) is 18.4. The zero-order valence-corrected chi connectivity index (χ0v) is 16.0. The number of amides is 2. The number of halogens is 1. The number of hydrogen-bond acceptors (Lipinski definition) is 2. The molecule has 1 N–H and O–H groups in total. The molecule has 2 aromatic rings. The average molecular weight is 413 g/mol. The molecule has 0 atom stereocenters. The Kier molecular flexibility index (Phi) is 6.23. The van der Waals surface area contributed by atoms with Gasteiger partial charge in [0.05, 0.1) is 0 Å². The first-order valence-electron chi connectivity index (χ1n) is 8.70. The summed E-state index contributed by atoms with van der Waals surface area (Å²) in [6, 6.07) is 17.3. The summed E-state index contributed by atoms with van der Waals surface area (Å²) in [7, 11) is 0. The van der Waals surface area contributed by atoms with Crippen LogP contribution in [0.1, 0.15) is 18.4 Å². The molecule has 26 heavy (non-hydrogen) atoms. The van der Waals surface area contributed by atoms with Gasteiger partial charge in [-0.25, -0.2) is 0 Å². The SMILES string of the molecule is O=C(Nc1cccc(Br)c1)C1CCN(C(=O)/C=C/c2ccccc2)CC1. The number of nitrogens with zero attached hydrogens (tertiary/aromatic N) is 1. The highest BCUT2D eigenvalue weighted by molar-refractivity contribution is 9.10. The van der Waals surface area contributed by atoms with Crippen molar-refractivity contribution in [1.29, 1.82) is 0 Å². The second kappa shape index (κ2) is 8.81. The normalized spacial score (nSPS) is 15.2. The van der Waals surface area contributed by atoms with Crippen LogP contribution in [0, 0.1) is 5.92 Å². The molecule has 0 unspecified atom stereocenters. The molecule has 2 aromatic carbocycles. The summed E-state index contributed by atoms with van der Waals surface area (Å²) in [5, 5.41) is 2.96. The predicted molar refractivity (Wildman–Crippen MR) is 108 cm³/mol. The third kappa shape index (κ3) is 5.05. The van der Waals surface area contributed by atoms with E-state index in [0.29, 0.717) is 25.9 Å². The van der Waals surface area contributed by atoms with Gasteiger partial charge in [-0.3, -0.25) is 9.59 Å². The molecule has 1 saturated heterocycles. The van der Waals surface area contributed by atoms with Crippen LogP contribution in [0.15, 0.2) is 65.1 Å². The second-order valence-electron chi connectivity index (χ2n) is 6.34. The Morgan fingerprint density at radius 1 is 1.04 bits per heavy atom. The predicted octanol–water partition coefficient (Wildman–Crippen LogP) is 4.34. The molecule has 0 saturated carbocycles. The third-order valence-electron chi connectivity index (χ3n) is 4.49. The van der Waals surface area contributed by atoms with Gasteiger partial charge >= 0.3 is 0 Å². The van der Waals surface area contributed by atoms with E-state index in [1.165, 1.54) is 0 Å². The van der Waals surface area contributed by atoms with Gasteiger partial charge in [-0.05, 0) is 42.7 Å². The van der Waals surface area contributed by atoms with E-state index in [0.717, 1.165) is 15.7 Å². The van der Waals surface area contributed by atoms with Crippen LogP contribution in [0.25, 0.3) is 6.08 Å². The van der Waals surface area contributed by atoms with Crippen molar-refractivity contribution in [3.63, 3.8) is 0 Å². The van der Waals surface area contributed by atoms with Crippen LogP contribution in [0.3, 0.4) is 0 Å². The number of carbonyl (C=O) groups is 2. The Balaban J connectivity index is 1.49. The topological polar surface area (TPSA) is 49.4 Å². The highest BCUT2D eigenvalue weighted by Gasteiger charge is 2.26. The maximum atomic E-state index is 12.4. The number of likely N-dealkylation sites (tertiary alicyclic amines) is 1. The summed E-state index contributed by atoms with van der Waals surface area (Å²) in [5.74, 6) is -0.0362. The molecule has 1 aliphatic rings. The zero-order chi connectivity index (χ0) is 18.4. The number of hydrogen-bond donors (Lipinski definition) is 1. The molecule has 0 spiro atoms. The van der Waals surface area contributed by atoms with Crippen LogP contribution in [0.2, 0.25) is 0 Å². The van der Waals surface area contributed by atoms with Gasteiger partial charge in [0.2, 0.25) is 11.8 Å². The van der Waals surface area contributed by atoms with E-state index in [4.69, 9.17) is 0 Å². The van der Waals surface area contributed by atoms with Crippen LogP contribution in [-0.2, 0) is 9.59 Å². The monoisotopic (exact) mass is 412 g/mol. The number of benzene rings is 2. The summed E-state index contributed by atoms with van der Waals surface area (Å²) >= 11 is 3.40. The molecular weight excluding hydrogens is 392 g/mol. The lowest BCUT2D eigenvalue weighted by Gasteiger charge is -2.30. The maximum absolute atomic E-state index is 12.4. The van der Waals surface area contributed by atoms with E-state index in [9.17, 15) is 9.59 Å². The quantitative estimate of drug-likeness (QED) is 0.759. The molecule has 1 heterocycles. The molecule has 4 nitrogen and oxygen atoms in total. The first-order valence-corrected chi connectivity index (χ1v) is 9.49. The highest BCUT2D eigenvalue weighted by Crippen LogP contribution is 2.21. The summed E-state index contributed by atoms with van der Waals surface area (Å²) < 4.78 is 0.931. The van der Waals surface area contributed by atoms with Crippen molar-refractivity contribution in [3.05, 3.63) is 70.7 Å². The van der Waals surface area contributed by atoms with Crippen LogP contribution < -0.4 is 5.32 Å². The molecule has 0 aromatic heterocycles. The summed E-state index contributed by atoms with van der Waals surface area (Å²) in [6.07, 6.45) is 4.81. The van der Waals surface area contributed by atoms with Gasteiger partial charge in [0.1, 0.15) is 0 Å². The molecule has 1 fully saturated rings. The van der Waals surface area contributed by atoms with E-state index in [-0.39, 0.29) is 17.7 Å². The van der Waals surface area contributed by atoms with Gasteiger partial charge in [0.15, 0.2) is 0 Å². The average Bonchev–Trinajstić information content (AvgIpc) is 2.67. The first-order chi connectivity index (χ1) is 12.6. The lowest BCUT2D eigenvalue weighted by molar-refractivity contribution is -0.130. The van der Waals surface area contributed by atoms with Crippen molar-refractivity contribution in [2.75, 3.05) is 18.4 Å². The van der Waals surface area contributed by atoms with Crippen LogP contribution in [-0.4, -0.2) is 29.8 Å². The number of nitrogens with one attached hydrogen (secondary N) is 1. The maximum Gasteiger partial charge on any atom is 0.246 e. The highest BCUT2D eigenvalue weighted by atomic mass is 79.9. The summed E-state index contributed by atoms with van der Waals surface area (Å²) in [5.41, 5.74) is 1.79. The third-order valence-corrected chi connectivity index (χ3v) is 4.98. The molecule has 5 heteroatoms. The minimum absolute atomic E-state index is 0.000277. The van der Waals surface area contributed by atoms with Crippen molar-refractivity contribution < 1.29 is 9.59 Å². The minimum atomic E-state index is -0.0591. The van der Waals surface area contributed by atoms with Gasteiger partial charge < -0.3 is 10.2 Å². The minimum Gasteiger partial charge on any atom is -0.339 e. The number of rotatable bonds is 4. The van der Waals surface area contributed by atoms with E-state index < -0.39 is 0 Å². The Bertz CT molecular complexity index is 797. The van der Waals surface area contributed by atoms with Crippen molar-refractivity contribution in [1.82, 2.24) is 4.90 Å². The largest absolute Gasteiger partial charge is 0.339 e. The van der Waals surface area contributed by atoms with Gasteiger partial charge in [-0.2, -0.15) is 0 Å². The summed E-state index contributed by atoms with van der Waals surface area (Å²) in [4.78, 5) is 26.5. The number of piperidine rings is 1. The fourth-order valence-corrected chi connectivity index (χ4v) is 3.41. The lowest BCUT2D eigenvalue weighted by atomic mass is 9.95. The van der Waals surface area contributed by atoms with E-state index >= 15 is 0 Å². The van der Waals surface area contributed by atoms with E-state index in [2.05, 4.69) is 21.2 Å². The Hall–Kier alpha value is -2.40. The smallest absolute Gasteiger partial charge is 0.246 e. The van der Waals surface area contributed by atoms with Crippen molar-refractivity contribution in [3.8, 4) is 0 Å². The number of carbonyl (C=O) groups excluding carboxylic acids is 2. The zero-order valence-electron chi connectivity index (χ0n) is 14.4. The standard InChI is InChI=1S/C21H21BrN2O2/c22-18-7-4-8-19(15-18)23-21(26)17-11-13-24(14-12-17)20(25)10-9-16-5-2-1-3-6-16/h1-10,15,17H,11-14H2,(H,23,26)/b10-9+. The van der Waals surface area contributed by atoms with Gasteiger partial charge in [-0.1, -0.05) is 52.3 Å². The number of anilines is 1. The van der Waals surface area contributed by atoms with Gasteiger partial charge in [0, 0.05) is 35.2 Å². The molecule has 0 radical (unpaired) electrons. The molecule has 3 rings (SSSR count). The van der Waals surface area contributed by atoms with Gasteiger partial charge in [0.25, 0.3) is 0 Å². The Morgan fingerprint density at radius 3 is 2.46 bits per heavy atom. The van der Waals surface area contributed by atoms with Gasteiger partial charge in [-0.15, -0.1) is 0 Å². The second-order valence-corrected chi connectivity index (χ2v) is 7.26.